The number of piperidine rings is 1. The van der Waals surface area contributed by atoms with Crippen molar-refractivity contribution >= 4 is 38.5 Å². The Bertz CT molecular complexity index is 1530. The van der Waals surface area contributed by atoms with Gasteiger partial charge in [0.25, 0.3) is 15.9 Å². The van der Waals surface area contributed by atoms with E-state index >= 15 is 0 Å². The standard InChI is InChI=1S/C27H31N3O6S/c1-5-36-27(33)19-7-6-12-30(16-19)26(32)22-15-28-23-11-10-20(14-21(23)25(22)31)37(34,35)29(4)24-13-17(2)8-9-18(24)3/h8-11,13-15,19H,5-7,12,16H2,1-4H3,(H,28,31). The van der Waals surface area contributed by atoms with E-state index in [0.717, 1.165) is 11.1 Å². The monoisotopic (exact) mass is 525 g/mol. The van der Waals surface area contributed by atoms with Crippen LogP contribution in [0.1, 0.15) is 41.3 Å². The molecule has 1 atom stereocenters. The zero-order valence-electron chi connectivity index (χ0n) is 21.4. The summed E-state index contributed by atoms with van der Waals surface area (Å²) in [4.78, 5) is 43.2. The average molecular weight is 526 g/mol. The number of ether oxygens (including phenoxy) is 1. The van der Waals surface area contributed by atoms with E-state index in [9.17, 15) is 22.8 Å². The summed E-state index contributed by atoms with van der Waals surface area (Å²) in [5, 5.41) is 0.0974. The summed E-state index contributed by atoms with van der Waals surface area (Å²) in [5.41, 5.74) is 2.00. The summed E-state index contributed by atoms with van der Waals surface area (Å²) in [6.07, 6.45) is 2.58. The lowest BCUT2D eigenvalue weighted by molar-refractivity contribution is -0.149. The highest BCUT2D eigenvalue weighted by Crippen LogP contribution is 2.27. The number of H-pyrrole nitrogens is 1. The third-order valence-electron chi connectivity index (χ3n) is 6.77. The quantitative estimate of drug-likeness (QED) is 0.493. The molecule has 37 heavy (non-hydrogen) atoms. The van der Waals surface area contributed by atoms with Crippen molar-refractivity contribution in [3.8, 4) is 0 Å². The maximum Gasteiger partial charge on any atom is 0.310 e. The van der Waals surface area contributed by atoms with Crippen LogP contribution in [0.15, 0.2) is 52.3 Å². The second-order valence-corrected chi connectivity index (χ2v) is 11.3. The molecule has 0 bridgehead atoms. The summed E-state index contributed by atoms with van der Waals surface area (Å²) in [5.74, 6) is -1.29. The number of carbonyl (C=O) groups excluding carboxylic acids is 2. The fourth-order valence-electron chi connectivity index (χ4n) is 4.65. The Labute approximate surface area is 216 Å². The Balaban J connectivity index is 1.68. The number of benzene rings is 2. The van der Waals surface area contributed by atoms with Gasteiger partial charge in [-0.2, -0.15) is 0 Å². The number of esters is 1. The third-order valence-corrected chi connectivity index (χ3v) is 8.54. The van der Waals surface area contributed by atoms with Crippen LogP contribution in [0, 0.1) is 19.8 Å². The molecule has 1 aliphatic rings. The van der Waals surface area contributed by atoms with Crippen LogP contribution in [0.2, 0.25) is 0 Å². The summed E-state index contributed by atoms with van der Waals surface area (Å²) in [7, 11) is -2.51. The zero-order chi connectivity index (χ0) is 26.9. The second kappa shape index (κ2) is 10.4. The van der Waals surface area contributed by atoms with Crippen LogP contribution in [0.3, 0.4) is 0 Å². The van der Waals surface area contributed by atoms with Crippen molar-refractivity contribution < 1.29 is 22.7 Å². The van der Waals surface area contributed by atoms with Gasteiger partial charge in [-0.3, -0.25) is 18.7 Å². The molecular formula is C27H31N3O6S. The largest absolute Gasteiger partial charge is 0.466 e. The molecular weight excluding hydrogens is 494 g/mol. The van der Waals surface area contributed by atoms with Gasteiger partial charge in [-0.1, -0.05) is 12.1 Å². The van der Waals surface area contributed by atoms with Crippen molar-refractivity contribution in [1.82, 2.24) is 9.88 Å². The van der Waals surface area contributed by atoms with Gasteiger partial charge in [0, 0.05) is 37.2 Å². The van der Waals surface area contributed by atoms with Crippen LogP contribution < -0.4 is 9.73 Å². The zero-order valence-corrected chi connectivity index (χ0v) is 22.2. The van der Waals surface area contributed by atoms with Gasteiger partial charge in [-0.15, -0.1) is 0 Å². The van der Waals surface area contributed by atoms with Crippen LogP contribution >= 0.6 is 0 Å². The van der Waals surface area contributed by atoms with E-state index in [2.05, 4.69) is 4.98 Å². The predicted molar refractivity (Wildman–Crippen MR) is 141 cm³/mol. The molecule has 4 rings (SSSR count). The topological polar surface area (TPSA) is 117 Å². The molecule has 3 aromatic rings. The van der Waals surface area contributed by atoms with E-state index in [1.807, 2.05) is 26.0 Å². The molecule has 9 nitrogen and oxygen atoms in total. The van der Waals surface area contributed by atoms with Crippen molar-refractivity contribution in [3.05, 3.63) is 69.5 Å². The molecule has 1 aromatic heterocycles. The first-order chi connectivity index (χ1) is 17.5. The Morgan fingerprint density at radius 2 is 1.92 bits per heavy atom. The number of nitrogens with zero attached hydrogens (tertiary/aromatic N) is 2. The van der Waals surface area contributed by atoms with Crippen LogP contribution in [-0.4, -0.2) is 56.9 Å². The molecule has 0 spiro atoms. The number of rotatable bonds is 6. The van der Waals surface area contributed by atoms with Gasteiger partial charge in [0.1, 0.15) is 5.56 Å². The van der Waals surface area contributed by atoms with Crippen LogP contribution in [0.25, 0.3) is 10.9 Å². The van der Waals surface area contributed by atoms with Crippen molar-refractivity contribution in [3.63, 3.8) is 0 Å². The number of sulfonamides is 1. The lowest BCUT2D eigenvalue weighted by atomic mass is 9.97. The summed E-state index contributed by atoms with van der Waals surface area (Å²) in [6.45, 7) is 6.29. The van der Waals surface area contributed by atoms with Crippen LogP contribution in [-0.2, 0) is 19.6 Å². The fourth-order valence-corrected chi connectivity index (χ4v) is 5.93. The molecule has 2 aromatic carbocycles. The highest BCUT2D eigenvalue weighted by Gasteiger charge is 2.31. The Morgan fingerprint density at radius 3 is 2.65 bits per heavy atom. The highest BCUT2D eigenvalue weighted by atomic mass is 32.2. The summed E-state index contributed by atoms with van der Waals surface area (Å²) in [6, 6.07) is 9.81. The van der Waals surface area contributed by atoms with E-state index in [1.165, 1.54) is 40.6 Å². The van der Waals surface area contributed by atoms with Gasteiger partial charge >= 0.3 is 5.97 Å². The molecule has 1 N–H and O–H groups in total. The first-order valence-electron chi connectivity index (χ1n) is 12.2. The van der Waals surface area contributed by atoms with E-state index in [-0.39, 0.29) is 35.0 Å². The molecule has 1 aliphatic heterocycles. The number of carbonyl (C=O) groups is 2. The lowest BCUT2D eigenvalue weighted by Crippen LogP contribution is -2.44. The van der Waals surface area contributed by atoms with Crippen LogP contribution in [0.5, 0.6) is 0 Å². The first kappa shape index (κ1) is 26.4. The smallest absolute Gasteiger partial charge is 0.310 e. The number of pyridine rings is 1. The van der Waals surface area contributed by atoms with E-state index in [1.54, 1.807) is 13.0 Å². The van der Waals surface area contributed by atoms with Crippen molar-refractivity contribution in [2.24, 2.45) is 5.92 Å². The van der Waals surface area contributed by atoms with Gasteiger partial charge in [-0.25, -0.2) is 8.42 Å². The number of hydrogen-bond acceptors (Lipinski definition) is 6. The van der Waals surface area contributed by atoms with Gasteiger partial charge < -0.3 is 14.6 Å². The molecule has 1 amide bonds. The Hall–Kier alpha value is -3.66. The summed E-state index contributed by atoms with van der Waals surface area (Å²) < 4.78 is 33.2. The molecule has 2 heterocycles. The van der Waals surface area contributed by atoms with Gasteiger partial charge in [0.15, 0.2) is 0 Å². The SMILES string of the molecule is CCOC(=O)C1CCCN(C(=O)c2c[nH]c3ccc(S(=O)(=O)N(C)c4cc(C)ccc4C)cc3c2=O)C1. The predicted octanol–water partition coefficient (Wildman–Crippen LogP) is 3.39. The number of anilines is 1. The number of nitrogens with one attached hydrogen (secondary N) is 1. The number of likely N-dealkylation sites (tertiary alicyclic amines) is 1. The maximum atomic E-state index is 13.5. The number of amides is 1. The molecule has 0 aliphatic carbocycles. The normalized spacial score (nSPS) is 16.0. The minimum atomic E-state index is -3.98. The molecule has 0 radical (unpaired) electrons. The van der Waals surface area contributed by atoms with Crippen molar-refractivity contribution in [2.75, 3.05) is 31.0 Å². The van der Waals surface area contributed by atoms with Gasteiger partial charge in [0.2, 0.25) is 5.43 Å². The van der Waals surface area contributed by atoms with Gasteiger partial charge in [0.05, 0.1) is 23.1 Å². The average Bonchev–Trinajstić information content (AvgIpc) is 2.89. The van der Waals surface area contributed by atoms with E-state index in [0.29, 0.717) is 30.6 Å². The first-order valence-corrected chi connectivity index (χ1v) is 13.7. The molecule has 196 valence electrons. The molecule has 1 saturated heterocycles. The van der Waals surface area contributed by atoms with E-state index in [4.69, 9.17) is 4.74 Å². The lowest BCUT2D eigenvalue weighted by Gasteiger charge is -2.31. The maximum absolute atomic E-state index is 13.5. The Morgan fingerprint density at radius 1 is 1.16 bits per heavy atom. The number of fused-ring (bicyclic) bond motifs is 1. The van der Waals surface area contributed by atoms with Crippen molar-refractivity contribution in [1.29, 1.82) is 0 Å². The van der Waals surface area contributed by atoms with E-state index < -0.39 is 27.3 Å². The summed E-state index contributed by atoms with van der Waals surface area (Å²) >= 11 is 0. The highest BCUT2D eigenvalue weighted by molar-refractivity contribution is 7.92. The number of hydrogen-bond donors (Lipinski definition) is 1. The molecule has 10 heteroatoms. The van der Waals surface area contributed by atoms with Crippen LogP contribution in [0.4, 0.5) is 5.69 Å². The second-order valence-electron chi connectivity index (χ2n) is 9.34. The minimum Gasteiger partial charge on any atom is -0.466 e. The molecule has 0 saturated carbocycles. The van der Waals surface area contributed by atoms with Gasteiger partial charge in [-0.05, 0) is 69.0 Å². The molecule has 1 fully saturated rings. The third kappa shape index (κ3) is 5.11. The number of aryl methyl sites for hydroxylation is 2. The number of aromatic nitrogens is 1. The van der Waals surface area contributed by atoms with Crippen molar-refractivity contribution in [2.45, 2.75) is 38.5 Å². The minimum absolute atomic E-state index is 0.0566. The Kier molecular flexibility index (Phi) is 7.40. The molecule has 1 unspecified atom stereocenters. The number of aromatic amines is 1. The fraction of sp³-hybridized carbons (Fsp3) is 0.370.